The zero-order valence-electron chi connectivity index (χ0n) is 10.3. The molecule has 2 N–H and O–H groups in total. The third-order valence-electron chi connectivity index (χ3n) is 3.31. The molecule has 1 aliphatic carbocycles. The van der Waals surface area contributed by atoms with Gasteiger partial charge in [0.2, 0.25) is 0 Å². The number of rotatable bonds is 5. The van der Waals surface area contributed by atoms with E-state index >= 15 is 0 Å². The maximum Gasteiger partial charge on any atom is 0.311 e. The topological polar surface area (TPSA) is 110 Å². The van der Waals surface area contributed by atoms with E-state index in [1.165, 1.54) is 18.2 Å². The zero-order valence-corrected chi connectivity index (χ0v) is 11.0. The summed E-state index contributed by atoms with van der Waals surface area (Å²) in [5, 5.41) is 22.2. The van der Waals surface area contributed by atoms with Gasteiger partial charge in [-0.2, -0.15) is 0 Å². The molecule has 0 spiro atoms. The molecule has 0 radical (unpaired) electrons. The fourth-order valence-corrected chi connectivity index (χ4v) is 2.09. The number of nitrogens with one attached hydrogen (secondary N) is 1. The van der Waals surface area contributed by atoms with Crippen molar-refractivity contribution in [1.82, 2.24) is 5.32 Å². The number of hydrogen-bond acceptors (Lipinski definition) is 4. The number of benzene rings is 1. The van der Waals surface area contributed by atoms with Crippen LogP contribution in [-0.2, 0) is 4.79 Å². The first-order valence-electron chi connectivity index (χ1n) is 5.82. The van der Waals surface area contributed by atoms with Gasteiger partial charge in [-0.1, -0.05) is 17.7 Å². The molecular weight excluding hydrogens is 288 g/mol. The van der Waals surface area contributed by atoms with Crippen molar-refractivity contribution in [3.05, 3.63) is 38.9 Å². The van der Waals surface area contributed by atoms with E-state index in [1.54, 1.807) is 0 Å². The zero-order chi connectivity index (χ0) is 14.9. The Labute approximate surface area is 118 Å². The van der Waals surface area contributed by atoms with Crippen molar-refractivity contribution in [2.24, 2.45) is 5.41 Å². The third kappa shape index (κ3) is 2.57. The van der Waals surface area contributed by atoms with Crippen LogP contribution in [0.4, 0.5) is 5.69 Å². The minimum Gasteiger partial charge on any atom is -0.481 e. The first-order valence-corrected chi connectivity index (χ1v) is 6.20. The number of hydrogen-bond donors (Lipinski definition) is 2. The molecule has 1 aliphatic rings. The van der Waals surface area contributed by atoms with Crippen LogP contribution in [0.15, 0.2) is 18.2 Å². The van der Waals surface area contributed by atoms with Crippen LogP contribution < -0.4 is 5.32 Å². The molecule has 1 aromatic rings. The van der Waals surface area contributed by atoms with Gasteiger partial charge in [-0.05, 0) is 25.0 Å². The average molecular weight is 299 g/mol. The number of nitrogens with zero attached hydrogens (tertiary/aromatic N) is 1. The number of amides is 1. The summed E-state index contributed by atoms with van der Waals surface area (Å²) in [6.45, 7) is -0.0508. The molecule has 1 saturated carbocycles. The first kappa shape index (κ1) is 14.3. The molecule has 0 aromatic heterocycles. The molecule has 7 nitrogen and oxygen atoms in total. The maximum atomic E-state index is 12.0. The van der Waals surface area contributed by atoms with Crippen molar-refractivity contribution in [3.8, 4) is 0 Å². The number of nitro benzene ring substituents is 1. The van der Waals surface area contributed by atoms with E-state index < -0.39 is 27.9 Å². The Morgan fingerprint density at radius 3 is 2.60 bits per heavy atom. The Morgan fingerprint density at radius 1 is 1.45 bits per heavy atom. The summed E-state index contributed by atoms with van der Waals surface area (Å²) in [4.78, 5) is 33.1. The smallest absolute Gasteiger partial charge is 0.311 e. The Hall–Kier alpha value is -2.15. The number of carbonyl (C=O) groups is 2. The summed E-state index contributed by atoms with van der Waals surface area (Å²) in [6, 6.07) is 4.02. The molecule has 0 heterocycles. The number of carboxylic acid groups (broad SMARTS) is 1. The molecule has 0 unspecified atom stereocenters. The lowest BCUT2D eigenvalue weighted by Crippen LogP contribution is -2.34. The predicted octanol–water partition coefficient (Wildman–Crippen LogP) is 1.84. The van der Waals surface area contributed by atoms with Gasteiger partial charge >= 0.3 is 11.7 Å². The number of halogens is 1. The van der Waals surface area contributed by atoms with Crippen molar-refractivity contribution < 1.29 is 19.6 Å². The van der Waals surface area contributed by atoms with Gasteiger partial charge in [0.25, 0.3) is 5.91 Å². The van der Waals surface area contributed by atoms with Gasteiger partial charge in [0, 0.05) is 6.54 Å². The lowest BCUT2D eigenvalue weighted by atomic mass is 10.1. The van der Waals surface area contributed by atoms with E-state index in [0.29, 0.717) is 12.8 Å². The van der Waals surface area contributed by atoms with Crippen LogP contribution in [0.5, 0.6) is 0 Å². The van der Waals surface area contributed by atoms with E-state index in [0.717, 1.165) is 0 Å². The minimum absolute atomic E-state index is 0.0508. The van der Waals surface area contributed by atoms with Crippen LogP contribution in [0.3, 0.4) is 0 Å². The predicted molar refractivity (Wildman–Crippen MR) is 69.7 cm³/mol. The highest BCUT2D eigenvalue weighted by Crippen LogP contribution is 2.45. The quantitative estimate of drug-likeness (QED) is 0.636. The van der Waals surface area contributed by atoms with Crippen molar-refractivity contribution in [1.29, 1.82) is 0 Å². The highest BCUT2D eigenvalue weighted by atomic mass is 35.5. The average Bonchev–Trinajstić information content (AvgIpc) is 3.16. The Morgan fingerprint density at radius 2 is 2.10 bits per heavy atom. The minimum atomic E-state index is -0.974. The molecule has 0 atom stereocenters. The second kappa shape index (κ2) is 5.09. The first-order chi connectivity index (χ1) is 9.37. The van der Waals surface area contributed by atoms with Gasteiger partial charge in [-0.25, -0.2) is 0 Å². The number of aliphatic carboxylic acids is 1. The van der Waals surface area contributed by atoms with E-state index in [4.69, 9.17) is 16.7 Å². The summed E-state index contributed by atoms with van der Waals surface area (Å²) in [5.74, 6) is -1.68. The maximum absolute atomic E-state index is 12.0. The van der Waals surface area contributed by atoms with E-state index in [2.05, 4.69) is 5.32 Å². The molecule has 2 rings (SSSR count). The second-order valence-electron chi connectivity index (χ2n) is 4.66. The number of nitro groups is 1. The molecule has 0 aliphatic heterocycles. The van der Waals surface area contributed by atoms with Crippen LogP contribution in [0.1, 0.15) is 23.2 Å². The largest absolute Gasteiger partial charge is 0.481 e. The SMILES string of the molecule is O=C(NCC1(C(=O)O)CC1)c1cccc(Cl)c1[N+](=O)[O-]. The summed E-state index contributed by atoms with van der Waals surface area (Å²) >= 11 is 5.71. The van der Waals surface area contributed by atoms with Crippen molar-refractivity contribution >= 4 is 29.2 Å². The van der Waals surface area contributed by atoms with Crippen LogP contribution >= 0.6 is 11.6 Å². The Balaban J connectivity index is 2.16. The lowest BCUT2D eigenvalue weighted by Gasteiger charge is -2.11. The molecule has 1 amide bonds. The van der Waals surface area contributed by atoms with Gasteiger partial charge in [0.05, 0.1) is 10.3 Å². The fourth-order valence-electron chi connectivity index (χ4n) is 1.85. The van der Waals surface area contributed by atoms with Crippen LogP contribution in [0, 0.1) is 15.5 Å². The summed E-state index contributed by atoms with van der Waals surface area (Å²) < 4.78 is 0. The molecule has 1 fully saturated rings. The number of carboxylic acids is 1. The van der Waals surface area contributed by atoms with Crippen molar-refractivity contribution in [3.63, 3.8) is 0 Å². The van der Waals surface area contributed by atoms with Crippen molar-refractivity contribution in [2.45, 2.75) is 12.8 Å². The molecule has 8 heteroatoms. The summed E-state index contributed by atoms with van der Waals surface area (Å²) in [6.07, 6.45) is 0.973. The normalized spacial score (nSPS) is 15.4. The molecule has 0 bridgehead atoms. The van der Waals surface area contributed by atoms with Crippen LogP contribution in [0.25, 0.3) is 0 Å². The van der Waals surface area contributed by atoms with Gasteiger partial charge in [0.15, 0.2) is 0 Å². The number of para-hydroxylation sites is 1. The summed E-state index contributed by atoms with van der Waals surface area (Å²) in [5.41, 5.74) is -1.58. The van der Waals surface area contributed by atoms with Crippen LogP contribution in [0.2, 0.25) is 5.02 Å². The molecule has 0 saturated heterocycles. The highest BCUT2D eigenvalue weighted by Gasteiger charge is 2.50. The number of carbonyl (C=O) groups excluding carboxylic acids is 1. The molecule has 1 aromatic carbocycles. The van der Waals surface area contributed by atoms with E-state index in [1.807, 2.05) is 0 Å². The third-order valence-corrected chi connectivity index (χ3v) is 3.61. The second-order valence-corrected chi connectivity index (χ2v) is 5.07. The molecular formula is C12H11ClN2O5. The molecule has 20 heavy (non-hydrogen) atoms. The lowest BCUT2D eigenvalue weighted by molar-refractivity contribution is -0.385. The van der Waals surface area contributed by atoms with E-state index in [-0.39, 0.29) is 17.1 Å². The van der Waals surface area contributed by atoms with Crippen molar-refractivity contribution in [2.75, 3.05) is 6.54 Å². The monoisotopic (exact) mass is 298 g/mol. The van der Waals surface area contributed by atoms with Gasteiger partial charge < -0.3 is 10.4 Å². The van der Waals surface area contributed by atoms with Gasteiger partial charge in [0.1, 0.15) is 10.6 Å². The Kier molecular flexibility index (Phi) is 3.63. The summed E-state index contributed by atoms with van der Waals surface area (Å²) in [7, 11) is 0. The fraction of sp³-hybridized carbons (Fsp3) is 0.333. The van der Waals surface area contributed by atoms with E-state index in [9.17, 15) is 19.7 Å². The molecule has 106 valence electrons. The highest BCUT2D eigenvalue weighted by molar-refractivity contribution is 6.33. The Bertz CT molecular complexity index is 598. The van der Waals surface area contributed by atoms with Gasteiger partial charge in [-0.3, -0.25) is 19.7 Å². The standard InChI is InChI=1S/C12H11ClN2O5/c13-8-3-1-2-7(9(8)15(19)20)10(16)14-6-12(4-5-12)11(17)18/h1-3H,4-6H2,(H,14,16)(H,17,18). The van der Waals surface area contributed by atoms with Gasteiger partial charge in [-0.15, -0.1) is 0 Å². The van der Waals surface area contributed by atoms with Crippen LogP contribution in [-0.4, -0.2) is 28.5 Å².